The SMILES string of the molecule is CC1C(C=C2CCCCC2=O)CC2CC1C2(C)C. The van der Waals surface area contributed by atoms with E-state index in [-0.39, 0.29) is 0 Å². The molecule has 0 N–H and O–H groups in total. The van der Waals surface area contributed by atoms with Gasteiger partial charge >= 0.3 is 0 Å². The number of fused-ring (bicyclic) bond motifs is 2. The average Bonchev–Trinajstić information content (AvgIpc) is 2.33. The molecule has 4 rings (SSSR count). The largest absolute Gasteiger partial charge is 0.295 e. The number of hydrogen-bond donors (Lipinski definition) is 0. The van der Waals surface area contributed by atoms with Crippen LogP contribution in [-0.4, -0.2) is 5.78 Å². The zero-order valence-electron chi connectivity index (χ0n) is 12.0. The van der Waals surface area contributed by atoms with Crippen molar-refractivity contribution in [2.45, 2.75) is 59.3 Å². The van der Waals surface area contributed by atoms with Gasteiger partial charge in [0.05, 0.1) is 0 Å². The van der Waals surface area contributed by atoms with Crippen molar-refractivity contribution in [2.75, 3.05) is 0 Å². The summed E-state index contributed by atoms with van der Waals surface area (Å²) in [7, 11) is 0. The van der Waals surface area contributed by atoms with Crippen LogP contribution in [0.25, 0.3) is 0 Å². The molecule has 0 radical (unpaired) electrons. The van der Waals surface area contributed by atoms with E-state index in [9.17, 15) is 4.79 Å². The third-order valence-corrected chi connectivity index (χ3v) is 6.29. The predicted molar refractivity (Wildman–Crippen MR) is 74.2 cm³/mol. The van der Waals surface area contributed by atoms with Gasteiger partial charge in [-0.2, -0.15) is 0 Å². The molecule has 18 heavy (non-hydrogen) atoms. The van der Waals surface area contributed by atoms with E-state index in [1.165, 1.54) is 19.3 Å². The Morgan fingerprint density at radius 1 is 1.17 bits per heavy atom. The van der Waals surface area contributed by atoms with E-state index in [1.54, 1.807) is 0 Å². The minimum Gasteiger partial charge on any atom is -0.295 e. The quantitative estimate of drug-likeness (QED) is 0.628. The summed E-state index contributed by atoms with van der Waals surface area (Å²) >= 11 is 0. The Morgan fingerprint density at radius 2 is 1.89 bits per heavy atom. The first-order valence-corrected chi connectivity index (χ1v) is 7.74. The Bertz CT molecular complexity index is 390. The molecule has 2 bridgehead atoms. The van der Waals surface area contributed by atoms with Crippen molar-refractivity contribution in [3.8, 4) is 0 Å². The molecule has 0 spiro atoms. The van der Waals surface area contributed by atoms with Crippen molar-refractivity contribution in [2.24, 2.45) is 29.1 Å². The number of carbonyl (C=O) groups excluding carboxylic acids is 1. The van der Waals surface area contributed by atoms with Crippen molar-refractivity contribution in [3.63, 3.8) is 0 Å². The smallest absolute Gasteiger partial charge is 0.158 e. The van der Waals surface area contributed by atoms with E-state index >= 15 is 0 Å². The molecule has 4 saturated carbocycles. The molecule has 4 aliphatic rings. The summed E-state index contributed by atoms with van der Waals surface area (Å²) in [4.78, 5) is 11.9. The van der Waals surface area contributed by atoms with Crippen LogP contribution in [0.15, 0.2) is 11.6 Å². The van der Waals surface area contributed by atoms with Crippen LogP contribution in [0.4, 0.5) is 0 Å². The van der Waals surface area contributed by atoms with Crippen molar-refractivity contribution in [1.82, 2.24) is 0 Å². The molecule has 4 atom stereocenters. The van der Waals surface area contributed by atoms with Gasteiger partial charge in [-0.3, -0.25) is 4.79 Å². The number of ketones is 1. The van der Waals surface area contributed by atoms with Gasteiger partial charge in [0.25, 0.3) is 0 Å². The van der Waals surface area contributed by atoms with E-state index in [4.69, 9.17) is 0 Å². The Balaban J connectivity index is 1.75. The van der Waals surface area contributed by atoms with Gasteiger partial charge in [0.15, 0.2) is 5.78 Å². The van der Waals surface area contributed by atoms with Crippen LogP contribution >= 0.6 is 0 Å². The van der Waals surface area contributed by atoms with Gasteiger partial charge in [0.1, 0.15) is 0 Å². The summed E-state index contributed by atoms with van der Waals surface area (Å²) in [5.41, 5.74) is 1.72. The molecule has 0 heterocycles. The molecule has 0 saturated heterocycles. The number of Topliss-reactive ketones (excluding diaryl/α,β-unsaturated/α-hetero) is 1. The first kappa shape index (κ1) is 12.4. The molecule has 4 unspecified atom stereocenters. The standard InChI is InChI=1S/C17H26O/c1-11-13(8-12-6-4-5-7-16(12)18)9-14-10-15(11)17(14,2)3/h8,11,13-15H,4-7,9-10H2,1-3H3. The zero-order valence-corrected chi connectivity index (χ0v) is 12.0. The van der Waals surface area contributed by atoms with E-state index in [1.807, 2.05) is 0 Å². The highest BCUT2D eigenvalue weighted by molar-refractivity contribution is 5.95. The van der Waals surface area contributed by atoms with Crippen LogP contribution in [0.2, 0.25) is 0 Å². The second-order valence-electron chi connectivity index (χ2n) is 7.44. The Kier molecular flexibility index (Phi) is 2.91. The molecule has 4 fully saturated rings. The van der Waals surface area contributed by atoms with Gasteiger partial charge in [-0.25, -0.2) is 0 Å². The molecule has 0 aromatic heterocycles. The molecule has 0 amide bonds. The van der Waals surface area contributed by atoms with Gasteiger partial charge in [-0.15, -0.1) is 0 Å². The molecular formula is C17H26O. The van der Waals surface area contributed by atoms with Crippen LogP contribution in [0, 0.1) is 29.1 Å². The molecule has 0 aromatic carbocycles. The number of allylic oxidation sites excluding steroid dienone is 2. The van der Waals surface area contributed by atoms with Crippen molar-refractivity contribution in [3.05, 3.63) is 11.6 Å². The minimum absolute atomic E-state index is 0.437. The fourth-order valence-corrected chi connectivity index (χ4v) is 4.75. The summed E-state index contributed by atoms with van der Waals surface area (Å²) in [6.45, 7) is 7.30. The molecule has 1 nitrogen and oxygen atoms in total. The summed E-state index contributed by atoms with van der Waals surface area (Å²) in [6.07, 6.45) is 9.29. The fourth-order valence-electron chi connectivity index (χ4n) is 4.75. The maximum absolute atomic E-state index is 11.9. The van der Waals surface area contributed by atoms with Crippen LogP contribution in [0.5, 0.6) is 0 Å². The monoisotopic (exact) mass is 246 g/mol. The summed E-state index contributed by atoms with van der Waals surface area (Å²) in [5.74, 6) is 3.68. The highest BCUT2D eigenvalue weighted by Gasteiger charge is 2.55. The van der Waals surface area contributed by atoms with Crippen LogP contribution < -0.4 is 0 Å². The predicted octanol–water partition coefficient (Wildman–Crippen LogP) is 4.37. The first-order chi connectivity index (χ1) is 8.50. The van der Waals surface area contributed by atoms with E-state index in [2.05, 4.69) is 26.8 Å². The second-order valence-corrected chi connectivity index (χ2v) is 7.44. The lowest BCUT2D eigenvalue weighted by Crippen LogP contribution is -2.54. The average molecular weight is 246 g/mol. The third kappa shape index (κ3) is 1.78. The molecule has 1 heteroatoms. The van der Waals surface area contributed by atoms with E-state index in [0.717, 1.165) is 42.6 Å². The van der Waals surface area contributed by atoms with Gasteiger partial charge in [-0.05, 0) is 66.8 Å². The highest BCUT2D eigenvalue weighted by Crippen LogP contribution is 2.63. The van der Waals surface area contributed by atoms with Crippen molar-refractivity contribution < 1.29 is 4.79 Å². The third-order valence-electron chi connectivity index (χ3n) is 6.29. The molecule has 4 aliphatic carbocycles. The lowest BCUT2D eigenvalue weighted by atomic mass is 9.43. The maximum Gasteiger partial charge on any atom is 0.158 e. The number of rotatable bonds is 1. The molecule has 0 aliphatic heterocycles. The number of carbonyl (C=O) groups is 1. The fraction of sp³-hybridized carbons (Fsp3) is 0.824. The Labute approximate surface area is 111 Å². The molecule has 0 aromatic rings. The Morgan fingerprint density at radius 3 is 2.50 bits per heavy atom. The summed E-state index contributed by atoms with van der Waals surface area (Å²) < 4.78 is 0. The second kappa shape index (κ2) is 4.21. The maximum atomic E-state index is 11.9. The number of hydrogen-bond acceptors (Lipinski definition) is 1. The molecular weight excluding hydrogens is 220 g/mol. The summed E-state index contributed by atoms with van der Waals surface area (Å²) in [5, 5.41) is 0. The highest BCUT2D eigenvalue weighted by atomic mass is 16.1. The lowest BCUT2D eigenvalue weighted by Gasteiger charge is -2.62. The topological polar surface area (TPSA) is 17.1 Å². The zero-order chi connectivity index (χ0) is 12.9. The van der Waals surface area contributed by atoms with Crippen LogP contribution in [-0.2, 0) is 4.79 Å². The molecule has 100 valence electrons. The van der Waals surface area contributed by atoms with Gasteiger partial charge in [0, 0.05) is 6.42 Å². The lowest BCUT2D eigenvalue weighted by molar-refractivity contribution is -0.120. The normalized spacial score (nSPS) is 44.8. The van der Waals surface area contributed by atoms with E-state index in [0.29, 0.717) is 17.1 Å². The van der Waals surface area contributed by atoms with Crippen molar-refractivity contribution in [1.29, 1.82) is 0 Å². The minimum atomic E-state index is 0.437. The van der Waals surface area contributed by atoms with E-state index < -0.39 is 0 Å². The van der Waals surface area contributed by atoms with Gasteiger partial charge in [0.2, 0.25) is 0 Å². The van der Waals surface area contributed by atoms with Gasteiger partial charge < -0.3 is 0 Å². The van der Waals surface area contributed by atoms with Crippen LogP contribution in [0.3, 0.4) is 0 Å². The first-order valence-electron chi connectivity index (χ1n) is 7.74. The van der Waals surface area contributed by atoms with Crippen molar-refractivity contribution >= 4 is 5.78 Å². The van der Waals surface area contributed by atoms with Gasteiger partial charge in [-0.1, -0.05) is 26.8 Å². The Hall–Kier alpha value is -0.590. The van der Waals surface area contributed by atoms with Crippen LogP contribution in [0.1, 0.15) is 59.3 Å². The summed E-state index contributed by atoms with van der Waals surface area (Å²) in [6, 6.07) is 0.